The first-order chi connectivity index (χ1) is 5.96. The molecule has 0 saturated carbocycles. The van der Waals surface area contributed by atoms with Gasteiger partial charge in [-0.3, -0.25) is 4.90 Å². The SMILES string of the molecule is CCN(C(C)(C)C)C1(CI)COC1. The molecule has 2 nitrogen and oxygen atoms in total. The summed E-state index contributed by atoms with van der Waals surface area (Å²) in [5, 5.41) is 0. The van der Waals surface area contributed by atoms with Gasteiger partial charge in [0, 0.05) is 9.97 Å². The van der Waals surface area contributed by atoms with Crippen molar-refractivity contribution in [3.8, 4) is 0 Å². The quantitative estimate of drug-likeness (QED) is 0.585. The lowest BCUT2D eigenvalue weighted by molar-refractivity contribution is -0.150. The number of hydrogen-bond donors (Lipinski definition) is 0. The Morgan fingerprint density at radius 3 is 2.00 bits per heavy atom. The molecule has 1 aliphatic rings. The monoisotopic (exact) mass is 297 g/mol. The van der Waals surface area contributed by atoms with E-state index in [0.717, 1.165) is 24.2 Å². The number of rotatable bonds is 3. The summed E-state index contributed by atoms with van der Waals surface area (Å²) in [6.45, 7) is 12.0. The van der Waals surface area contributed by atoms with Crippen LogP contribution in [0.4, 0.5) is 0 Å². The third-order valence-electron chi connectivity index (χ3n) is 2.69. The van der Waals surface area contributed by atoms with Gasteiger partial charge in [0.15, 0.2) is 0 Å². The fourth-order valence-electron chi connectivity index (χ4n) is 2.16. The normalized spacial score (nSPS) is 21.7. The third-order valence-corrected chi connectivity index (χ3v) is 4.11. The second-order valence-electron chi connectivity index (χ2n) is 4.77. The molecule has 0 amide bonds. The molecular formula is C10H20INO. The molecule has 78 valence electrons. The van der Waals surface area contributed by atoms with Gasteiger partial charge in [0.2, 0.25) is 0 Å². The van der Waals surface area contributed by atoms with Crippen LogP contribution in [0.15, 0.2) is 0 Å². The Bertz CT molecular complexity index is 167. The van der Waals surface area contributed by atoms with E-state index in [9.17, 15) is 0 Å². The van der Waals surface area contributed by atoms with Gasteiger partial charge in [0.25, 0.3) is 0 Å². The van der Waals surface area contributed by atoms with E-state index in [4.69, 9.17) is 4.74 Å². The standard InChI is InChI=1S/C10H20INO/c1-5-12(9(2,3)4)10(6-11)7-13-8-10/h5-8H2,1-4H3. The highest BCUT2D eigenvalue weighted by molar-refractivity contribution is 14.1. The van der Waals surface area contributed by atoms with Crippen molar-refractivity contribution in [3.63, 3.8) is 0 Å². The number of likely N-dealkylation sites (N-methyl/N-ethyl adjacent to an activating group) is 1. The average molecular weight is 297 g/mol. The summed E-state index contributed by atoms with van der Waals surface area (Å²) in [6, 6.07) is 0. The zero-order chi connectivity index (χ0) is 10.1. The van der Waals surface area contributed by atoms with Crippen molar-refractivity contribution < 1.29 is 4.74 Å². The van der Waals surface area contributed by atoms with Crippen LogP contribution in [0.25, 0.3) is 0 Å². The molecule has 1 saturated heterocycles. The van der Waals surface area contributed by atoms with Crippen molar-refractivity contribution in [1.82, 2.24) is 4.90 Å². The molecule has 0 aromatic heterocycles. The van der Waals surface area contributed by atoms with E-state index in [1.165, 1.54) is 0 Å². The lowest BCUT2D eigenvalue weighted by Crippen LogP contribution is -2.68. The van der Waals surface area contributed by atoms with Crippen LogP contribution in [0.3, 0.4) is 0 Å². The summed E-state index contributed by atoms with van der Waals surface area (Å²) < 4.78 is 6.52. The molecule has 0 aromatic rings. The lowest BCUT2D eigenvalue weighted by atomic mass is 9.91. The molecule has 0 radical (unpaired) electrons. The van der Waals surface area contributed by atoms with Gasteiger partial charge < -0.3 is 4.74 Å². The van der Waals surface area contributed by atoms with E-state index in [1.54, 1.807) is 0 Å². The van der Waals surface area contributed by atoms with Gasteiger partial charge in [-0.05, 0) is 27.3 Å². The van der Waals surface area contributed by atoms with Crippen molar-refractivity contribution in [2.75, 3.05) is 24.2 Å². The average Bonchev–Trinajstić information content (AvgIpc) is 1.93. The Morgan fingerprint density at radius 1 is 1.38 bits per heavy atom. The first kappa shape index (κ1) is 11.7. The minimum Gasteiger partial charge on any atom is -0.377 e. The molecule has 3 heteroatoms. The summed E-state index contributed by atoms with van der Waals surface area (Å²) in [5.74, 6) is 0. The third kappa shape index (κ3) is 2.18. The smallest absolute Gasteiger partial charge is 0.0772 e. The number of alkyl halides is 1. The van der Waals surface area contributed by atoms with E-state index < -0.39 is 0 Å². The van der Waals surface area contributed by atoms with Crippen molar-refractivity contribution in [3.05, 3.63) is 0 Å². The Kier molecular flexibility index (Phi) is 3.63. The largest absolute Gasteiger partial charge is 0.377 e. The number of hydrogen-bond acceptors (Lipinski definition) is 2. The summed E-state index contributed by atoms with van der Waals surface area (Å²) in [6.07, 6.45) is 0. The van der Waals surface area contributed by atoms with Crippen molar-refractivity contribution >= 4 is 22.6 Å². The Morgan fingerprint density at radius 2 is 1.92 bits per heavy atom. The number of ether oxygens (including phenoxy) is 1. The molecule has 0 aromatic carbocycles. The number of halogens is 1. The molecule has 0 spiro atoms. The highest BCUT2D eigenvalue weighted by atomic mass is 127. The molecule has 13 heavy (non-hydrogen) atoms. The van der Waals surface area contributed by atoms with Gasteiger partial charge in [-0.2, -0.15) is 0 Å². The molecule has 0 unspecified atom stereocenters. The maximum absolute atomic E-state index is 5.36. The van der Waals surface area contributed by atoms with Crippen LogP contribution in [0.2, 0.25) is 0 Å². The lowest BCUT2D eigenvalue weighted by Gasteiger charge is -2.54. The fraction of sp³-hybridized carbons (Fsp3) is 1.00. The van der Waals surface area contributed by atoms with Crippen LogP contribution in [-0.4, -0.2) is 40.2 Å². The molecule has 0 atom stereocenters. The Hall–Kier alpha value is 0.650. The molecule has 1 heterocycles. The van der Waals surface area contributed by atoms with Crippen LogP contribution in [-0.2, 0) is 4.74 Å². The summed E-state index contributed by atoms with van der Waals surface area (Å²) in [4.78, 5) is 2.57. The Labute approximate surface area is 95.2 Å². The van der Waals surface area contributed by atoms with Gasteiger partial charge in [-0.15, -0.1) is 0 Å². The summed E-state index contributed by atoms with van der Waals surface area (Å²) in [7, 11) is 0. The van der Waals surface area contributed by atoms with E-state index in [1.807, 2.05) is 0 Å². The summed E-state index contributed by atoms with van der Waals surface area (Å²) in [5.41, 5.74) is 0.567. The molecular weight excluding hydrogens is 277 g/mol. The molecule has 1 fully saturated rings. The van der Waals surface area contributed by atoms with E-state index in [2.05, 4.69) is 55.2 Å². The van der Waals surface area contributed by atoms with Crippen LogP contribution in [0.5, 0.6) is 0 Å². The molecule has 0 bridgehead atoms. The highest BCUT2D eigenvalue weighted by Gasteiger charge is 2.46. The van der Waals surface area contributed by atoms with Crippen molar-refractivity contribution in [2.45, 2.75) is 38.8 Å². The zero-order valence-corrected chi connectivity index (χ0v) is 11.2. The molecule has 0 aliphatic carbocycles. The first-order valence-electron chi connectivity index (χ1n) is 4.88. The van der Waals surface area contributed by atoms with Gasteiger partial charge in [-0.1, -0.05) is 29.5 Å². The van der Waals surface area contributed by atoms with Crippen LogP contribution in [0.1, 0.15) is 27.7 Å². The zero-order valence-electron chi connectivity index (χ0n) is 9.06. The van der Waals surface area contributed by atoms with Gasteiger partial charge in [0.05, 0.1) is 18.8 Å². The molecule has 1 rings (SSSR count). The minimum absolute atomic E-state index is 0.254. The number of nitrogens with zero attached hydrogens (tertiary/aromatic N) is 1. The Balaban J connectivity index is 2.75. The van der Waals surface area contributed by atoms with Gasteiger partial charge in [-0.25, -0.2) is 0 Å². The fourth-order valence-corrected chi connectivity index (χ4v) is 3.02. The van der Waals surface area contributed by atoms with Crippen molar-refractivity contribution in [2.24, 2.45) is 0 Å². The van der Waals surface area contributed by atoms with Crippen molar-refractivity contribution in [1.29, 1.82) is 0 Å². The predicted molar refractivity (Wildman–Crippen MR) is 64.6 cm³/mol. The highest BCUT2D eigenvalue weighted by Crippen LogP contribution is 2.32. The minimum atomic E-state index is 0.254. The van der Waals surface area contributed by atoms with Crippen LogP contribution in [0, 0.1) is 0 Å². The first-order valence-corrected chi connectivity index (χ1v) is 6.40. The predicted octanol–water partition coefficient (Wildman–Crippen LogP) is 2.31. The van der Waals surface area contributed by atoms with E-state index in [0.29, 0.717) is 5.54 Å². The van der Waals surface area contributed by atoms with E-state index in [-0.39, 0.29) is 5.54 Å². The second-order valence-corrected chi connectivity index (χ2v) is 5.53. The van der Waals surface area contributed by atoms with Crippen LogP contribution >= 0.6 is 22.6 Å². The maximum atomic E-state index is 5.36. The van der Waals surface area contributed by atoms with Gasteiger partial charge >= 0.3 is 0 Å². The maximum Gasteiger partial charge on any atom is 0.0772 e. The summed E-state index contributed by atoms with van der Waals surface area (Å²) >= 11 is 2.47. The van der Waals surface area contributed by atoms with E-state index >= 15 is 0 Å². The molecule has 1 aliphatic heterocycles. The van der Waals surface area contributed by atoms with Crippen LogP contribution < -0.4 is 0 Å². The van der Waals surface area contributed by atoms with Gasteiger partial charge in [0.1, 0.15) is 0 Å². The second kappa shape index (κ2) is 4.03. The molecule has 0 N–H and O–H groups in total. The topological polar surface area (TPSA) is 12.5 Å².